The van der Waals surface area contributed by atoms with Crippen LogP contribution >= 0.6 is 11.6 Å². The maximum absolute atomic E-state index is 11.9. The Morgan fingerprint density at radius 1 is 1.32 bits per heavy atom. The van der Waals surface area contributed by atoms with Crippen molar-refractivity contribution in [2.75, 3.05) is 36.5 Å². The van der Waals surface area contributed by atoms with E-state index in [-0.39, 0.29) is 0 Å². The molecule has 1 aliphatic heterocycles. The number of rotatable bonds is 5. The van der Waals surface area contributed by atoms with Crippen LogP contribution in [0.1, 0.15) is 12.8 Å². The normalized spacial score (nSPS) is 15.2. The highest BCUT2D eigenvalue weighted by molar-refractivity contribution is 6.33. The molecule has 122 valence electrons. The van der Waals surface area contributed by atoms with Gasteiger partial charge < -0.3 is 15.0 Å². The fourth-order valence-electron chi connectivity index (χ4n) is 2.26. The maximum atomic E-state index is 11.9. The molecule has 0 unspecified atom stereocenters. The van der Waals surface area contributed by atoms with Crippen molar-refractivity contribution in [3.63, 3.8) is 0 Å². The van der Waals surface area contributed by atoms with Gasteiger partial charge in [-0.15, -0.1) is 0 Å². The van der Waals surface area contributed by atoms with Crippen molar-refractivity contribution < 1.29 is 22.7 Å². The van der Waals surface area contributed by atoms with Gasteiger partial charge in [0, 0.05) is 18.8 Å². The number of alkyl halides is 3. The number of nitrogens with one attached hydrogen (secondary N) is 1. The van der Waals surface area contributed by atoms with Gasteiger partial charge in [-0.1, -0.05) is 11.6 Å². The molecule has 0 spiro atoms. The second-order valence-corrected chi connectivity index (χ2v) is 5.42. The van der Waals surface area contributed by atoms with Gasteiger partial charge in [-0.2, -0.15) is 13.2 Å². The molecule has 0 aromatic heterocycles. The molecule has 2 rings (SSSR count). The summed E-state index contributed by atoms with van der Waals surface area (Å²) in [5.41, 5.74) is 1.32. The van der Waals surface area contributed by atoms with Crippen LogP contribution in [0, 0.1) is 0 Å². The van der Waals surface area contributed by atoms with Gasteiger partial charge in [0.15, 0.2) is 0 Å². The minimum absolute atomic E-state index is 0.425. The van der Waals surface area contributed by atoms with E-state index in [4.69, 9.17) is 11.6 Å². The van der Waals surface area contributed by atoms with E-state index in [1.165, 1.54) is 0 Å². The Kier molecular flexibility index (Phi) is 5.52. The van der Waals surface area contributed by atoms with Crippen molar-refractivity contribution in [3.8, 4) is 0 Å². The number of halogens is 4. The van der Waals surface area contributed by atoms with Gasteiger partial charge in [0.2, 0.25) is 5.91 Å². The number of carbonyl (C=O) groups is 1. The van der Waals surface area contributed by atoms with Crippen molar-refractivity contribution in [1.29, 1.82) is 0 Å². The Labute approximate surface area is 131 Å². The van der Waals surface area contributed by atoms with E-state index in [1.807, 2.05) is 0 Å². The van der Waals surface area contributed by atoms with E-state index in [9.17, 15) is 18.0 Å². The summed E-state index contributed by atoms with van der Waals surface area (Å²) in [6.45, 7) is -0.229. The highest BCUT2D eigenvalue weighted by atomic mass is 35.5. The van der Waals surface area contributed by atoms with Crippen molar-refractivity contribution >= 4 is 28.9 Å². The summed E-state index contributed by atoms with van der Waals surface area (Å²) in [6.07, 6.45) is -2.21. The van der Waals surface area contributed by atoms with E-state index in [0.29, 0.717) is 10.7 Å². The summed E-state index contributed by atoms with van der Waals surface area (Å²) < 4.78 is 40.0. The first-order chi connectivity index (χ1) is 10.3. The average molecular weight is 337 g/mol. The number of hydrogen-bond donors (Lipinski definition) is 1. The highest BCUT2D eigenvalue weighted by Gasteiger charge is 2.27. The molecule has 8 heteroatoms. The van der Waals surface area contributed by atoms with Crippen molar-refractivity contribution in [3.05, 3.63) is 23.2 Å². The van der Waals surface area contributed by atoms with Gasteiger partial charge >= 0.3 is 6.18 Å². The molecule has 1 heterocycles. The second kappa shape index (κ2) is 7.19. The van der Waals surface area contributed by atoms with E-state index in [2.05, 4.69) is 15.0 Å². The first-order valence-electron chi connectivity index (χ1n) is 6.84. The zero-order valence-electron chi connectivity index (χ0n) is 11.8. The van der Waals surface area contributed by atoms with Gasteiger partial charge in [0.1, 0.15) is 13.2 Å². The summed E-state index contributed by atoms with van der Waals surface area (Å²) in [7, 11) is 0. The summed E-state index contributed by atoms with van der Waals surface area (Å²) in [4.78, 5) is 13.6. The molecule has 1 aromatic rings. The van der Waals surface area contributed by atoms with Gasteiger partial charge in [0.05, 0.1) is 10.7 Å². The summed E-state index contributed by atoms with van der Waals surface area (Å²) in [5.74, 6) is -0.658. The van der Waals surface area contributed by atoms with Crippen LogP contribution in [0.15, 0.2) is 18.2 Å². The molecule has 1 fully saturated rings. The maximum Gasteiger partial charge on any atom is 0.411 e. The van der Waals surface area contributed by atoms with Crippen LogP contribution in [0.25, 0.3) is 0 Å². The van der Waals surface area contributed by atoms with Gasteiger partial charge in [-0.05, 0) is 31.0 Å². The Balaban J connectivity index is 1.87. The second-order valence-electron chi connectivity index (χ2n) is 5.02. The Morgan fingerprint density at radius 3 is 2.59 bits per heavy atom. The van der Waals surface area contributed by atoms with Crippen LogP contribution in [-0.4, -0.2) is 38.4 Å². The lowest BCUT2D eigenvalue weighted by molar-refractivity contribution is -0.174. The Morgan fingerprint density at radius 2 is 2.00 bits per heavy atom. The number of amides is 1. The van der Waals surface area contributed by atoms with Crippen molar-refractivity contribution in [2.24, 2.45) is 0 Å². The molecular weight excluding hydrogens is 321 g/mol. The number of carbonyl (C=O) groups excluding carboxylic acids is 1. The van der Waals surface area contributed by atoms with Crippen LogP contribution in [0.5, 0.6) is 0 Å². The van der Waals surface area contributed by atoms with E-state index >= 15 is 0 Å². The quantitative estimate of drug-likeness (QED) is 0.895. The molecule has 0 bridgehead atoms. The van der Waals surface area contributed by atoms with Gasteiger partial charge in [0.25, 0.3) is 0 Å². The number of anilines is 2. The van der Waals surface area contributed by atoms with E-state index < -0.39 is 25.3 Å². The van der Waals surface area contributed by atoms with Crippen LogP contribution in [-0.2, 0) is 9.53 Å². The predicted octanol–water partition coefficient (Wildman–Crippen LogP) is 3.46. The molecule has 1 amide bonds. The van der Waals surface area contributed by atoms with Crippen molar-refractivity contribution in [1.82, 2.24) is 0 Å². The number of benzene rings is 1. The third-order valence-electron chi connectivity index (χ3n) is 3.18. The first kappa shape index (κ1) is 16.9. The summed E-state index contributed by atoms with van der Waals surface area (Å²) in [5, 5.41) is 2.95. The molecule has 1 aromatic carbocycles. The lowest BCUT2D eigenvalue weighted by atomic mass is 10.2. The first-order valence-corrected chi connectivity index (χ1v) is 7.22. The SMILES string of the molecule is O=C(COCC(F)(F)F)Nc1ccc(N2CCCC2)c(Cl)c1. The van der Waals surface area contributed by atoms with Gasteiger partial charge in [-0.3, -0.25) is 4.79 Å². The lowest BCUT2D eigenvalue weighted by Gasteiger charge is -2.19. The third kappa shape index (κ3) is 5.06. The van der Waals surface area contributed by atoms with Crippen LogP contribution in [0.4, 0.5) is 24.5 Å². The Hall–Kier alpha value is -1.47. The van der Waals surface area contributed by atoms with Crippen LogP contribution in [0.3, 0.4) is 0 Å². The smallest absolute Gasteiger partial charge is 0.370 e. The van der Waals surface area contributed by atoms with Crippen LogP contribution in [0.2, 0.25) is 5.02 Å². The topological polar surface area (TPSA) is 41.6 Å². The van der Waals surface area contributed by atoms with E-state index in [0.717, 1.165) is 31.6 Å². The lowest BCUT2D eigenvalue weighted by Crippen LogP contribution is -2.24. The largest absolute Gasteiger partial charge is 0.411 e. The number of nitrogens with zero attached hydrogens (tertiary/aromatic N) is 1. The molecule has 1 saturated heterocycles. The molecule has 0 saturated carbocycles. The van der Waals surface area contributed by atoms with E-state index in [1.54, 1.807) is 18.2 Å². The average Bonchev–Trinajstić information content (AvgIpc) is 2.91. The molecule has 0 radical (unpaired) electrons. The zero-order valence-corrected chi connectivity index (χ0v) is 12.5. The zero-order chi connectivity index (χ0) is 16.2. The monoisotopic (exact) mass is 336 g/mol. The number of ether oxygens (including phenoxy) is 1. The van der Waals surface area contributed by atoms with Crippen LogP contribution < -0.4 is 10.2 Å². The minimum Gasteiger partial charge on any atom is -0.370 e. The number of hydrogen-bond acceptors (Lipinski definition) is 3. The summed E-state index contributed by atoms with van der Waals surface area (Å²) in [6, 6.07) is 5.04. The molecule has 22 heavy (non-hydrogen) atoms. The fraction of sp³-hybridized carbons (Fsp3) is 0.500. The summed E-state index contributed by atoms with van der Waals surface area (Å²) >= 11 is 6.18. The molecule has 1 aliphatic rings. The predicted molar refractivity (Wildman–Crippen MR) is 78.4 cm³/mol. The Bertz CT molecular complexity index is 531. The fourth-order valence-corrected chi connectivity index (χ4v) is 2.56. The molecule has 1 N–H and O–H groups in total. The molecule has 0 aliphatic carbocycles. The molecule has 0 atom stereocenters. The van der Waals surface area contributed by atoms with Crippen molar-refractivity contribution in [2.45, 2.75) is 19.0 Å². The van der Waals surface area contributed by atoms with Gasteiger partial charge in [-0.25, -0.2) is 0 Å². The highest BCUT2D eigenvalue weighted by Crippen LogP contribution is 2.31. The molecular formula is C14H16ClF3N2O2. The third-order valence-corrected chi connectivity index (χ3v) is 3.48. The standard InChI is InChI=1S/C14H16ClF3N2O2/c15-11-7-10(3-4-12(11)20-5-1-2-6-20)19-13(21)8-22-9-14(16,17)18/h3-4,7H,1-2,5-6,8-9H2,(H,19,21). The minimum atomic E-state index is -4.44. The molecule has 4 nitrogen and oxygen atoms in total.